The van der Waals surface area contributed by atoms with Gasteiger partial charge >= 0.3 is 11.8 Å². The molecule has 0 aromatic rings. The third kappa shape index (κ3) is 1.39. The Morgan fingerprint density at radius 1 is 1.82 bits per heavy atom. The Morgan fingerprint density at radius 3 is 2.82 bits per heavy atom. The van der Waals surface area contributed by atoms with Crippen molar-refractivity contribution < 1.29 is 9.90 Å². The van der Waals surface area contributed by atoms with Gasteiger partial charge < -0.3 is 5.11 Å². The van der Waals surface area contributed by atoms with Gasteiger partial charge in [-0.05, 0) is 11.9 Å². The summed E-state index contributed by atoms with van der Waals surface area (Å²) in [6, 6.07) is 0. The van der Waals surface area contributed by atoms with Gasteiger partial charge in [-0.2, -0.15) is 0 Å². The standard InChI is InChI=1S/C7H10N2O2/c1-5(7(10)11)6-8-3-4-9(6)2/h3-5H,1-2H3,(H,10,11)/q+1. The molecular weight excluding hydrogens is 144 g/mol. The highest BCUT2D eigenvalue weighted by atomic mass is 16.4. The lowest BCUT2D eigenvalue weighted by atomic mass is 10.1. The molecule has 0 saturated carbocycles. The number of hydrogen-bond acceptors (Lipinski definition) is 3. The van der Waals surface area contributed by atoms with Gasteiger partial charge in [-0.15, -0.1) is 0 Å². The molecule has 0 aromatic heterocycles. The minimum absolute atomic E-state index is 0.532. The lowest BCUT2D eigenvalue weighted by Gasteiger charge is -2.05. The number of hydrogen-bond donors (Lipinski definition) is 1. The minimum atomic E-state index is -0.848. The van der Waals surface area contributed by atoms with E-state index < -0.39 is 11.9 Å². The van der Waals surface area contributed by atoms with Gasteiger partial charge in [0.25, 0.3) is 0 Å². The Labute approximate surface area is 64.8 Å². The van der Waals surface area contributed by atoms with Crippen LogP contribution in [0.25, 0.3) is 0 Å². The van der Waals surface area contributed by atoms with Crippen molar-refractivity contribution in [3.63, 3.8) is 0 Å². The molecule has 4 heteroatoms. The molecule has 1 heterocycles. The molecule has 1 aliphatic rings. The molecule has 0 spiro atoms. The van der Waals surface area contributed by atoms with Gasteiger partial charge in [0, 0.05) is 0 Å². The van der Waals surface area contributed by atoms with Crippen LogP contribution in [0, 0.1) is 5.92 Å². The van der Waals surface area contributed by atoms with E-state index in [-0.39, 0.29) is 0 Å². The van der Waals surface area contributed by atoms with Gasteiger partial charge in [-0.25, -0.2) is 4.90 Å². The largest absolute Gasteiger partial charge is 0.481 e. The van der Waals surface area contributed by atoms with Gasteiger partial charge in [0.1, 0.15) is 6.20 Å². The minimum Gasteiger partial charge on any atom is -0.481 e. The molecule has 0 amide bonds. The Bertz CT molecular complexity index is 233. The van der Waals surface area contributed by atoms with Crippen molar-refractivity contribution in [2.45, 2.75) is 6.92 Å². The SMILES string of the molecule is CC(C(=O)O)C1=[N+]C=CN1C. The lowest BCUT2D eigenvalue weighted by Crippen LogP contribution is -2.32. The predicted octanol–water partition coefficient (Wildman–Crippen LogP) is -0.142. The van der Waals surface area contributed by atoms with Crippen molar-refractivity contribution >= 4 is 11.8 Å². The molecule has 1 unspecified atom stereocenters. The van der Waals surface area contributed by atoms with E-state index in [9.17, 15) is 4.79 Å². The first-order valence-electron chi connectivity index (χ1n) is 3.33. The third-order valence-electron chi connectivity index (χ3n) is 1.62. The molecule has 0 aliphatic carbocycles. The summed E-state index contributed by atoms with van der Waals surface area (Å²) < 4.78 is 0. The van der Waals surface area contributed by atoms with E-state index in [0.717, 1.165) is 0 Å². The van der Waals surface area contributed by atoms with Crippen molar-refractivity contribution in [3.05, 3.63) is 12.4 Å². The normalized spacial score (nSPS) is 18.4. The van der Waals surface area contributed by atoms with Crippen LogP contribution in [0.3, 0.4) is 0 Å². The van der Waals surface area contributed by atoms with Crippen molar-refractivity contribution in [3.8, 4) is 0 Å². The average molecular weight is 154 g/mol. The van der Waals surface area contributed by atoms with E-state index in [1.807, 2.05) is 0 Å². The van der Waals surface area contributed by atoms with Crippen LogP contribution in [-0.4, -0.2) is 28.9 Å². The number of amidine groups is 1. The van der Waals surface area contributed by atoms with Crippen molar-refractivity contribution in [1.29, 1.82) is 0 Å². The molecular formula is C7H10N2O2+. The summed E-state index contributed by atoms with van der Waals surface area (Å²) in [5, 5.41) is 8.62. The first-order valence-corrected chi connectivity index (χ1v) is 3.33. The Kier molecular flexibility index (Phi) is 1.94. The second-order valence-electron chi connectivity index (χ2n) is 2.46. The van der Waals surface area contributed by atoms with Gasteiger partial charge in [-0.1, -0.05) is 0 Å². The molecule has 1 rings (SSSR count). The molecule has 59 valence electrons. The maximum absolute atomic E-state index is 10.5. The highest BCUT2D eigenvalue weighted by molar-refractivity contribution is 6.00. The number of carbonyl (C=O) groups is 1. The van der Waals surface area contributed by atoms with E-state index in [1.165, 1.54) is 0 Å². The molecule has 0 fully saturated rings. The summed E-state index contributed by atoms with van der Waals surface area (Å²) in [7, 11) is 1.78. The predicted molar refractivity (Wildman–Crippen MR) is 40.8 cm³/mol. The van der Waals surface area contributed by atoms with Crippen LogP contribution in [0.1, 0.15) is 6.92 Å². The van der Waals surface area contributed by atoms with E-state index in [1.54, 1.807) is 31.3 Å². The zero-order valence-corrected chi connectivity index (χ0v) is 6.48. The number of rotatable bonds is 2. The molecule has 0 saturated heterocycles. The van der Waals surface area contributed by atoms with E-state index in [4.69, 9.17) is 5.11 Å². The van der Waals surface area contributed by atoms with Crippen LogP contribution in [0.5, 0.6) is 0 Å². The third-order valence-corrected chi connectivity index (χ3v) is 1.62. The highest BCUT2D eigenvalue weighted by Gasteiger charge is 2.31. The van der Waals surface area contributed by atoms with E-state index in [2.05, 4.69) is 4.99 Å². The van der Waals surface area contributed by atoms with Crippen LogP contribution in [0.15, 0.2) is 12.4 Å². The van der Waals surface area contributed by atoms with Gasteiger partial charge in [-0.3, -0.25) is 4.79 Å². The van der Waals surface area contributed by atoms with E-state index in [0.29, 0.717) is 5.84 Å². The molecule has 1 aliphatic heterocycles. The Hall–Kier alpha value is -1.32. The van der Waals surface area contributed by atoms with E-state index >= 15 is 0 Å². The second kappa shape index (κ2) is 2.74. The van der Waals surface area contributed by atoms with Gasteiger partial charge in [0.15, 0.2) is 12.1 Å². The number of carboxylic acid groups (broad SMARTS) is 1. The fraction of sp³-hybridized carbons (Fsp3) is 0.429. The molecule has 11 heavy (non-hydrogen) atoms. The summed E-state index contributed by atoms with van der Waals surface area (Å²) in [5.74, 6) is -0.799. The molecule has 1 N–H and O–H groups in total. The fourth-order valence-electron chi connectivity index (χ4n) is 0.905. The number of carboxylic acids is 1. The maximum Gasteiger partial charge on any atom is 0.318 e. The molecule has 0 aromatic carbocycles. The van der Waals surface area contributed by atoms with Crippen molar-refractivity contribution in [2.75, 3.05) is 7.05 Å². The Morgan fingerprint density at radius 2 is 2.45 bits per heavy atom. The van der Waals surface area contributed by atoms with Crippen LogP contribution in [0.2, 0.25) is 0 Å². The smallest absolute Gasteiger partial charge is 0.318 e. The molecule has 4 nitrogen and oxygen atoms in total. The lowest BCUT2D eigenvalue weighted by molar-refractivity contribution is -0.139. The molecule has 1 atom stereocenters. The van der Waals surface area contributed by atoms with Crippen LogP contribution < -0.4 is 4.99 Å². The summed E-state index contributed by atoms with van der Waals surface area (Å²) >= 11 is 0. The summed E-state index contributed by atoms with van der Waals surface area (Å²) in [6.07, 6.45) is 3.32. The zero-order valence-electron chi connectivity index (χ0n) is 6.48. The molecule has 1 radical (unpaired) electrons. The fourth-order valence-corrected chi connectivity index (χ4v) is 0.905. The van der Waals surface area contributed by atoms with Crippen molar-refractivity contribution in [1.82, 2.24) is 9.89 Å². The summed E-state index contributed by atoms with van der Waals surface area (Å²) in [5.41, 5.74) is 0. The van der Waals surface area contributed by atoms with Crippen molar-refractivity contribution in [2.24, 2.45) is 5.92 Å². The first kappa shape index (κ1) is 7.78. The number of nitrogens with zero attached hydrogens (tertiary/aromatic N) is 2. The number of aliphatic carboxylic acids is 1. The monoisotopic (exact) mass is 154 g/mol. The zero-order chi connectivity index (χ0) is 8.43. The van der Waals surface area contributed by atoms with Crippen LogP contribution in [-0.2, 0) is 4.79 Å². The van der Waals surface area contributed by atoms with Crippen LogP contribution >= 0.6 is 0 Å². The number of aliphatic imine (C=N–C) groups is 1. The Balaban J connectivity index is 2.70. The molecule has 0 bridgehead atoms. The topological polar surface area (TPSA) is 54.6 Å². The van der Waals surface area contributed by atoms with Crippen LogP contribution in [0.4, 0.5) is 0 Å². The summed E-state index contributed by atoms with van der Waals surface area (Å²) in [4.78, 5) is 16.1. The quantitative estimate of drug-likeness (QED) is 0.602. The second-order valence-corrected chi connectivity index (χ2v) is 2.46. The summed E-state index contributed by atoms with van der Waals surface area (Å²) in [6.45, 7) is 1.62. The highest BCUT2D eigenvalue weighted by Crippen LogP contribution is 2.04. The van der Waals surface area contributed by atoms with Gasteiger partial charge in [0.2, 0.25) is 0 Å². The maximum atomic E-state index is 10.5. The first-order chi connectivity index (χ1) is 5.13. The average Bonchev–Trinajstić information content (AvgIpc) is 2.33. The van der Waals surface area contributed by atoms with Gasteiger partial charge in [0.05, 0.1) is 7.05 Å².